The highest BCUT2D eigenvalue weighted by Crippen LogP contribution is 2.36. The fourth-order valence-corrected chi connectivity index (χ4v) is 5.75. The van der Waals surface area contributed by atoms with Crippen LogP contribution >= 0.6 is 0 Å². The molecule has 256 valence electrons. The molecule has 4 rings (SSSR count). The van der Waals surface area contributed by atoms with Crippen molar-refractivity contribution >= 4 is 5.91 Å². The number of carbonyl (C=O) groups is 1. The first kappa shape index (κ1) is 35.6. The maximum Gasteiger partial charge on any atom is 0.253 e. The Hall–Kier alpha value is -1.21. The summed E-state index contributed by atoms with van der Waals surface area (Å²) in [6, 6.07) is -4.32. The highest BCUT2D eigenvalue weighted by Gasteiger charge is 2.59. The Morgan fingerprint density at radius 1 is 0.841 bits per heavy atom. The first-order valence-electron chi connectivity index (χ1n) is 14.7. The summed E-state index contributed by atoms with van der Waals surface area (Å²) in [5.41, 5.74) is 16.1. The molecule has 44 heavy (non-hydrogen) atoms. The Balaban J connectivity index is 1.53. The zero-order chi connectivity index (χ0) is 32.5. The number of aliphatic hydroxyl groups is 9. The summed E-state index contributed by atoms with van der Waals surface area (Å²) in [7, 11) is 0. The van der Waals surface area contributed by atoms with Crippen molar-refractivity contribution < 1.29 is 69.7 Å². The summed E-state index contributed by atoms with van der Waals surface area (Å²) in [5, 5.41) is 98.3. The summed E-state index contributed by atoms with van der Waals surface area (Å²) in [6.07, 6.45) is -17.9. The fourth-order valence-electron chi connectivity index (χ4n) is 5.75. The molecule has 0 bridgehead atoms. The van der Waals surface area contributed by atoms with Gasteiger partial charge in [0.2, 0.25) is 0 Å². The number of hydrogen-bond donors (Lipinski definition) is 14. The molecule has 0 aromatic rings. The first-order chi connectivity index (χ1) is 20.7. The van der Waals surface area contributed by atoms with E-state index < -0.39 is 116 Å². The second-order valence-corrected chi connectivity index (χ2v) is 12.0. The minimum Gasteiger partial charge on any atom is -0.396 e. The van der Waals surface area contributed by atoms with Gasteiger partial charge in [-0.1, -0.05) is 0 Å². The predicted molar refractivity (Wildman–Crippen MR) is 145 cm³/mol. The van der Waals surface area contributed by atoms with Crippen LogP contribution < -0.4 is 27.8 Å². The lowest BCUT2D eigenvalue weighted by molar-refractivity contribution is -0.333. The molecular formula is C25H47N5O14. The Morgan fingerprint density at radius 2 is 1.45 bits per heavy atom. The van der Waals surface area contributed by atoms with Crippen LogP contribution in [0.5, 0.6) is 0 Å². The average Bonchev–Trinajstić information content (AvgIpc) is 3.62. The van der Waals surface area contributed by atoms with Gasteiger partial charge in [0.1, 0.15) is 61.0 Å². The van der Waals surface area contributed by atoms with E-state index in [1.54, 1.807) is 0 Å². The van der Waals surface area contributed by atoms with E-state index in [1.165, 1.54) is 0 Å². The van der Waals surface area contributed by atoms with Gasteiger partial charge < -0.3 is 92.7 Å². The molecule has 4 fully saturated rings. The summed E-state index contributed by atoms with van der Waals surface area (Å²) >= 11 is 0. The highest BCUT2D eigenvalue weighted by atomic mass is 16.7. The number of nitrogens with two attached hydrogens (primary N) is 3. The van der Waals surface area contributed by atoms with Gasteiger partial charge in [0.05, 0.1) is 18.7 Å². The second kappa shape index (κ2) is 14.7. The van der Waals surface area contributed by atoms with Crippen LogP contribution in [0.15, 0.2) is 0 Å². The van der Waals surface area contributed by atoms with E-state index >= 15 is 0 Å². The fraction of sp³-hybridized carbons (Fsp3) is 0.960. The Kier molecular flexibility index (Phi) is 11.9. The third-order valence-electron chi connectivity index (χ3n) is 8.76. The van der Waals surface area contributed by atoms with Crippen molar-refractivity contribution in [3.05, 3.63) is 0 Å². The summed E-state index contributed by atoms with van der Waals surface area (Å²) < 4.78 is 23.0. The molecule has 0 aromatic carbocycles. The zero-order valence-electron chi connectivity index (χ0n) is 24.0. The smallest absolute Gasteiger partial charge is 0.253 e. The molecule has 2 aliphatic heterocycles. The van der Waals surface area contributed by atoms with E-state index in [2.05, 4.69) is 10.6 Å². The third-order valence-corrected chi connectivity index (χ3v) is 8.76. The van der Waals surface area contributed by atoms with Crippen LogP contribution in [0.25, 0.3) is 0 Å². The topological polar surface area (TPSA) is 338 Å². The van der Waals surface area contributed by atoms with Gasteiger partial charge in [0.25, 0.3) is 5.91 Å². The van der Waals surface area contributed by atoms with Gasteiger partial charge in [0, 0.05) is 31.7 Å². The van der Waals surface area contributed by atoms with Gasteiger partial charge in [-0.25, -0.2) is 0 Å². The number of nitrogens with one attached hydrogen (secondary N) is 2. The largest absolute Gasteiger partial charge is 0.396 e. The van der Waals surface area contributed by atoms with Crippen LogP contribution in [0.2, 0.25) is 0 Å². The van der Waals surface area contributed by atoms with Crippen LogP contribution in [0.4, 0.5) is 0 Å². The van der Waals surface area contributed by atoms with E-state index in [0.29, 0.717) is 13.0 Å². The van der Waals surface area contributed by atoms with Gasteiger partial charge in [0.15, 0.2) is 18.2 Å². The van der Waals surface area contributed by atoms with Gasteiger partial charge in [-0.3, -0.25) is 4.79 Å². The van der Waals surface area contributed by atoms with Crippen molar-refractivity contribution in [1.29, 1.82) is 0 Å². The van der Waals surface area contributed by atoms with Gasteiger partial charge in [-0.15, -0.1) is 0 Å². The lowest BCUT2D eigenvalue weighted by Gasteiger charge is -2.49. The Bertz CT molecular complexity index is 957. The molecule has 2 saturated heterocycles. The number of amides is 1. The molecule has 2 saturated carbocycles. The third kappa shape index (κ3) is 7.34. The molecule has 19 nitrogen and oxygen atoms in total. The molecule has 17 N–H and O–H groups in total. The molecule has 0 spiro atoms. The van der Waals surface area contributed by atoms with Crippen LogP contribution in [-0.4, -0.2) is 182 Å². The molecule has 3 unspecified atom stereocenters. The zero-order valence-corrected chi connectivity index (χ0v) is 24.0. The van der Waals surface area contributed by atoms with Crippen LogP contribution in [-0.2, 0) is 23.7 Å². The van der Waals surface area contributed by atoms with Crippen molar-refractivity contribution in [2.45, 2.75) is 123 Å². The lowest BCUT2D eigenvalue weighted by Crippen LogP contribution is -2.69. The Labute approximate surface area is 252 Å². The highest BCUT2D eigenvalue weighted by molar-refractivity contribution is 5.89. The van der Waals surface area contributed by atoms with Gasteiger partial charge in [-0.2, -0.15) is 0 Å². The minimum atomic E-state index is -1.85. The predicted octanol–water partition coefficient (Wildman–Crippen LogP) is -8.66. The van der Waals surface area contributed by atoms with Gasteiger partial charge >= 0.3 is 0 Å². The van der Waals surface area contributed by atoms with E-state index in [-0.39, 0.29) is 26.0 Å². The normalized spacial score (nSPS) is 49.5. The van der Waals surface area contributed by atoms with E-state index in [9.17, 15) is 45.6 Å². The van der Waals surface area contributed by atoms with Gasteiger partial charge in [-0.05, 0) is 19.4 Å². The standard InChI is InChI=1S/C25H47N5O14/c26-8-4-9(30-24(39)25(40)5-12(25)27)21(44-22-16(35)13(28)14(33)11(7-32)42-22)19(38)20(8)43-23-18(37)17(36)15(34)10(41-23)6-29-2-1-3-31/h8-23,29,31-38,40H,1-7,26-28H2,(H,30,39)/t8-,9+,10+,11+,12?,13-,14+,15+,16+,17-,18+,19-,20?,21-,22+,23+,25?/m0/s1. The van der Waals surface area contributed by atoms with Crippen molar-refractivity contribution in [3.8, 4) is 0 Å². The quantitative estimate of drug-likeness (QED) is 0.0879. The lowest BCUT2D eigenvalue weighted by atomic mass is 9.83. The molecule has 19 heteroatoms. The van der Waals surface area contributed by atoms with Crippen molar-refractivity contribution in [2.75, 3.05) is 26.3 Å². The maximum atomic E-state index is 12.8. The number of hydrogen-bond acceptors (Lipinski definition) is 18. The number of aliphatic hydroxyl groups excluding tert-OH is 8. The van der Waals surface area contributed by atoms with Crippen molar-refractivity contribution in [1.82, 2.24) is 10.6 Å². The number of ether oxygens (including phenoxy) is 4. The molecule has 4 aliphatic rings. The summed E-state index contributed by atoms with van der Waals surface area (Å²) in [6.45, 7) is -0.363. The number of carbonyl (C=O) groups excluding carboxylic acids is 1. The molecule has 0 radical (unpaired) electrons. The van der Waals surface area contributed by atoms with Crippen LogP contribution in [0.3, 0.4) is 0 Å². The maximum absolute atomic E-state index is 12.8. The molecule has 2 aliphatic carbocycles. The molecule has 2 heterocycles. The molecule has 0 aromatic heterocycles. The second-order valence-electron chi connectivity index (χ2n) is 12.0. The summed E-state index contributed by atoms with van der Waals surface area (Å²) in [4.78, 5) is 12.8. The summed E-state index contributed by atoms with van der Waals surface area (Å²) in [5.74, 6) is -0.854. The average molecular weight is 642 g/mol. The number of rotatable bonds is 12. The van der Waals surface area contributed by atoms with Crippen LogP contribution in [0, 0.1) is 0 Å². The van der Waals surface area contributed by atoms with E-state index in [4.69, 9.17) is 41.3 Å². The Morgan fingerprint density at radius 3 is 2.07 bits per heavy atom. The van der Waals surface area contributed by atoms with Crippen molar-refractivity contribution in [3.63, 3.8) is 0 Å². The molecule has 17 atom stereocenters. The monoisotopic (exact) mass is 641 g/mol. The minimum absolute atomic E-state index is 0.00605. The van der Waals surface area contributed by atoms with Crippen LogP contribution in [0.1, 0.15) is 19.3 Å². The molecular weight excluding hydrogens is 594 g/mol. The SMILES string of the molecule is NC1CC1(O)C(=O)N[C@@H]1C[C@H](N)C(O[C@H]2O[C@H](CNCCCO)[C@@H](O)[C@H](O)[C@H]2O)[C@H](O)[C@H]1O[C@H]1O[C@H](CO)[C@@H](O)[C@H](N)[C@H]1O. The first-order valence-corrected chi connectivity index (χ1v) is 14.7. The van der Waals surface area contributed by atoms with E-state index in [0.717, 1.165) is 0 Å². The van der Waals surface area contributed by atoms with E-state index in [1.807, 2.05) is 0 Å². The molecule has 1 amide bonds. The van der Waals surface area contributed by atoms with Crippen molar-refractivity contribution in [2.24, 2.45) is 17.2 Å².